The molecule has 0 fully saturated rings. The molecule has 0 radical (unpaired) electrons. The van der Waals surface area contributed by atoms with Crippen LogP contribution in [0.15, 0.2) is 243 Å². The Labute approximate surface area is 356 Å². The smallest absolute Gasteiger partial charge is 0.0727 e. The van der Waals surface area contributed by atoms with Crippen LogP contribution < -0.4 is 9.80 Å². The maximum Gasteiger partial charge on any atom is 0.0727 e. The van der Waals surface area contributed by atoms with Crippen LogP contribution >= 0.6 is 0 Å². The van der Waals surface area contributed by atoms with Crippen molar-refractivity contribution in [3.8, 4) is 33.4 Å². The van der Waals surface area contributed by atoms with Crippen LogP contribution in [0.25, 0.3) is 44.2 Å². The summed E-state index contributed by atoms with van der Waals surface area (Å²) < 4.78 is 0. The van der Waals surface area contributed by atoms with Crippen LogP contribution in [-0.4, -0.2) is 0 Å². The van der Waals surface area contributed by atoms with Gasteiger partial charge >= 0.3 is 0 Å². The lowest BCUT2D eigenvalue weighted by Gasteiger charge is -2.34. The van der Waals surface area contributed by atoms with E-state index in [9.17, 15) is 0 Å². The second-order valence-electron chi connectivity index (χ2n) is 16.0. The van der Waals surface area contributed by atoms with E-state index >= 15 is 0 Å². The molecule has 0 aromatic heterocycles. The largest absolute Gasteiger partial charge is 0.310 e. The highest BCUT2D eigenvalue weighted by Crippen LogP contribution is 2.65. The number of hydrogen-bond donors (Lipinski definition) is 0. The van der Waals surface area contributed by atoms with Crippen molar-refractivity contribution in [2.75, 3.05) is 9.80 Å². The first-order valence-corrected chi connectivity index (χ1v) is 21.1. The third kappa shape index (κ3) is 5.36. The molecule has 1 atom stereocenters. The van der Waals surface area contributed by atoms with Gasteiger partial charge in [-0.25, -0.2) is 0 Å². The summed E-state index contributed by atoms with van der Waals surface area (Å²) in [5, 5.41) is 2.46. The van der Waals surface area contributed by atoms with Gasteiger partial charge in [0.05, 0.1) is 11.1 Å². The van der Waals surface area contributed by atoms with E-state index < -0.39 is 5.41 Å². The summed E-state index contributed by atoms with van der Waals surface area (Å²) in [6, 6.07) is 89.0. The number of benzene rings is 10. The normalized spacial score (nSPS) is 14.3. The molecule has 0 aliphatic heterocycles. The lowest BCUT2D eigenvalue weighted by Crippen LogP contribution is -2.26. The fraction of sp³-hybridized carbons (Fsp3) is 0.0169. The Morgan fingerprint density at radius 3 is 1.34 bits per heavy atom. The summed E-state index contributed by atoms with van der Waals surface area (Å²) in [5.74, 6) is 0. The summed E-state index contributed by atoms with van der Waals surface area (Å²) in [4.78, 5) is 4.85. The van der Waals surface area contributed by atoms with Crippen LogP contribution in [0.3, 0.4) is 0 Å². The van der Waals surface area contributed by atoms with E-state index in [-0.39, 0.29) is 0 Å². The maximum atomic E-state index is 2.53. The molecule has 0 bridgehead atoms. The van der Waals surface area contributed by atoms with Gasteiger partial charge in [-0.05, 0) is 128 Å². The third-order valence-electron chi connectivity index (χ3n) is 12.8. The molecule has 286 valence electrons. The van der Waals surface area contributed by atoms with Crippen molar-refractivity contribution in [2.24, 2.45) is 0 Å². The molecule has 10 aromatic carbocycles. The average molecular weight is 777 g/mol. The quantitative estimate of drug-likeness (QED) is 0.159. The van der Waals surface area contributed by atoms with Crippen molar-refractivity contribution in [1.29, 1.82) is 0 Å². The van der Waals surface area contributed by atoms with E-state index in [1.165, 1.54) is 66.4 Å². The molecule has 10 aromatic rings. The predicted molar refractivity (Wildman–Crippen MR) is 255 cm³/mol. The molecule has 2 heteroatoms. The van der Waals surface area contributed by atoms with Gasteiger partial charge in [-0.1, -0.05) is 176 Å². The Morgan fingerprint density at radius 2 is 0.705 bits per heavy atom. The first-order chi connectivity index (χ1) is 30.3. The summed E-state index contributed by atoms with van der Waals surface area (Å²) >= 11 is 0. The third-order valence-corrected chi connectivity index (χ3v) is 12.8. The lowest BCUT2D eigenvalue weighted by molar-refractivity contribution is 0.794. The van der Waals surface area contributed by atoms with Crippen molar-refractivity contribution in [3.05, 3.63) is 265 Å². The van der Waals surface area contributed by atoms with E-state index in [1.54, 1.807) is 0 Å². The van der Waals surface area contributed by atoms with Gasteiger partial charge in [-0.2, -0.15) is 0 Å². The van der Waals surface area contributed by atoms with Crippen LogP contribution in [0.5, 0.6) is 0 Å². The van der Waals surface area contributed by atoms with Crippen LogP contribution in [0, 0.1) is 0 Å². The van der Waals surface area contributed by atoms with Crippen LogP contribution in [0.1, 0.15) is 22.3 Å². The zero-order valence-corrected chi connectivity index (χ0v) is 33.5. The van der Waals surface area contributed by atoms with E-state index in [4.69, 9.17) is 0 Å². The Kier molecular flexibility index (Phi) is 8.11. The summed E-state index contributed by atoms with van der Waals surface area (Å²) in [6.45, 7) is 0. The molecule has 0 saturated heterocycles. The van der Waals surface area contributed by atoms with Crippen LogP contribution in [0.2, 0.25) is 0 Å². The van der Waals surface area contributed by atoms with Crippen molar-refractivity contribution >= 4 is 44.9 Å². The molecule has 61 heavy (non-hydrogen) atoms. The Balaban J connectivity index is 1.15. The molecule has 2 nitrogen and oxygen atoms in total. The SMILES string of the molecule is c1ccc(-c2ccc(N(c3ccccc3)c3cc4c(c5ccccc35)-c3ccccc3C43c4ccccc4-c4ccc(N(c5ccccc5)c5ccccc5)cc43)cc2)cc1. The molecule has 0 N–H and O–H groups in total. The van der Waals surface area contributed by atoms with Crippen molar-refractivity contribution in [3.63, 3.8) is 0 Å². The van der Waals surface area contributed by atoms with Crippen molar-refractivity contribution in [1.82, 2.24) is 0 Å². The second-order valence-corrected chi connectivity index (χ2v) is 16.0. The first kappa shape index (κ1) is 35.0. The molecule has 0 amide bonds. The highest BCUT2D eigenvalue weighted by atomic mass is 15.1. The van der Waals surface area contributed by atoms with Gasteiger partial charge in [-0.15, -0.1) is 0 Å². The predicted octanol–water partition coefficient (Wildman–Crippen LogP) is 15.8. The summed E-state index contributed by atoms with van der Waals surface area (Å²) in [7, 11) is 0. The topological polar surface area (TPSA) is 6.48 Å². The number of para-hydroxylation sites is 3. The standard InChI is InChI=1S/C59H40N2/c1-5-19-41(20-6-1)42-33-35-46(36-34-42)61(45-25-11-4-12-26-45)57-40-56-58(51-29-14-13-28-50(51)57)52-30-16-18-32-54(52)59(56)53-31-17-15-27-48(53)49-38-37-47(39-55(49)59)60(43-21-7-2-8-22-43)44-23-9-3-10-24-44/h1-40H. The van der Waals surface area contributed by atoms with Gasteiger partial charge in [0.25, 0.3) is 0 Å². The zero-order valence-electron chi connectivity index (χ0n) is 33.5. The molecule has 0 heterocycles. The Hall–Kier alpha value is -7.94. The molecule has 2 aliphatic carbocycles. The zero-order chi connectivity index (χ0) is 40.3. The van der Waals surface area contributed by atoms with Gasteiger partial charge < -0.3 is 9.80 Å². The van der Waals surface area contributed by atoms with Crippen LogP contribution in [-0.2, 0) is 5.41 Å². The molecule has 2 aliphatic rings. The Bertz CT molecular complexity index is 3190. The number of hydrogen-bond acceptors (Lipinski definition) is 2. The molecule has 0 saturated carbocycles. The van der Waals surface area contributed by atoms with E-state index in [0.29, 0.717) is 0 Å². The lowest BCUT2D eigenvalue weighted by atomic mass is 9.70. The summed E-state index contributed by atoms with van der Waals surface area (Å²) in [5.41, 5.74) is 18.9. The summed E-state index contributed by atoms with van der Waals surface area (Å²) in [6.07, 6.45) is 0. The average Bonchev–Trinajstić information content (AvgIpc) is 3.80. The molecule has 1 spiro atoms. The minimum absolute atomic E-state index is 0.578. The number of fused-ring (bicyclic) bond motifs is 12. The number of nitrogens with zero attached hydrogens (tertiary/aromatic N) is 2. The van der Waals surface area contributed by atoms with Gasteiger partial charge in [0.1, 0.15) is 0 Å². The van der Waals surface area contributed by atoms with Crippen molar-refractivity contribution in [2.45, 2.75) is 5.41 Å². The minimum atomic E-state index is -0.578. The monoisotopic (exact) mass is 776 g/mol. The highest BCUT2D eigenvalue weighted by Gasteiger charge is 2.52. The first-order valence-electron chi connectivity index (χ1n) is 21.1. The number of anilines is 6. The minimum Gasteiger partial charge on any atom is -0.310 e. The van der Waals surface area contributed by atoms with Gasteiger partial charge in [0.2, 0.25) is 0 Å². The van der Waals surface area contributed by atoms with E-state index in [1.807, 2.05) is 0 Å². The van der Waals surface area contributed by atoms with Crippen LogP contribution in [0.4, 0.5) is 34.1 Å². The molecular weight excluding hydrogens is 737 g/mol. The van der Waals surface area contributed by atoms with Crippen molar-refractivity contribution < 1.29 is 0 Å². The maximum absolute atomic E-state index is 2.53. The molecule has 12 rings (SSSR count). The fourth-order valence-electron chi connectivity index (χ4n) is 10.3. The fourth-order valence-corrected chi connectivity index (χ4v) is 10.3. The molecule has 1 unspecified atom stereocenters. The van der Waals surface area contributed by atoms with Gasteiger partial charge in [0, 0.05) is 33.8 Å². The van der Waals surface area contributed by atoms with E-state index in [2.05, 4.69) is 252 Å². The number of rotatable bonds is 7. The van der Waals surface area contributed by atoms with E-state index in [0.717, 1.165) is 34.1 Å². The Morgan fingerprint density at radius 1 is 0.262 bits per heavy atom. The van der Waals surface area contributed by atoms with Gasteiger partial charge in [-0.3, -0.25) is 0 Å². The second kappa shape index (κ2) is 14.1. The highest BCUT2D eigenvalue weighted by molar-refractivity contribution is 6.12. The molecular formula is C59H40N2. The van der Waals surface area contributed by atoms with Gasteiger partial charge in [0.15, 0.2) is 0 Å².